The van der Waals surface area contributed by atoms with Gasteiger partial charge in [-0.05, 0) is 48.4 Å². The molecule has 1 aliphatic heterocycles. The van der Waals surface area contributed by atoms with Crippen molar-refractivity contribution in [1.29, 1.82) is 0 Å². The second kappa shape index (κ2) is 11.1. The predicted molar refractivity (Wildman–Crippen MR) is 144 cm³/mol. The minimum absolute atomic E-state index is 0.0689. The number of ether oxygens (including phenoxy) is 1. The van der Waals surface area contributed by atoms with E-state index >= 15 is 0 Å². The van der Waals surface area contributed by atoms with Crippen LogP contribution in [0.5, 0.6) is 5.75 Å². The molecule has 2 heterocycles. The van der Waals surface area contributed by atoms with E-state index in [0.717, 1.165) is 39.5 Å². The first-order valence-corrected chi connectivity index (χ1v) is 12.5. The van der Waals surface area contributed by atoms with Crippen LogP contribution in [0.2, 0.25) is 0 Å². The number of hydrazone groups is 1. The van der Waals surface area contributed by atoms with E-state index in [1.807, 2.05) is 95.8 Å². The Kier molecular flexibility index (Phi) is 7.31. The summed E-state index contributed by atoms with van der Waals surface area (Å²) in [5, 5.41) is 20.3. The number of rotatable bonds is 9. The molecule has 0 bridgehead atoms. The summed E-state index contributed by atoms with van der Waals surface area (Å²) in [6.07, 6.45) is 2.74. The van der Waals surface area contributed by atoms with Crippen molar-refractivity contribution in [3.8, 4) is 22.7 Å². The second-order valence-corrected chi connectivity index (χ2v) is 9.06. The van der Waals surface area contributed by atoms with Crippen LogP contribution < -0.4 is 4.74 Å². The zero-order chi connectivity index (χ0) is 26.5. The smallest absolute Gasteiger partial charge is 0.303 e. The van der Waals surface area contributed by atoms with E-state index < -0.39 is 12.0 Å². The number of carbonyl (C=O) groups is 2. The minimum Gasteiger partial charge on any atom is -0.497 e. The van der Waals surface area contributed by atoms with Crippen molar-refractivity contribution in [2.45, 2.75) is 31.7 Å². The van der Waals surface area contributed by atoms with Gasteiger partial charge in [0.25, 0.3) is 0 Å². The Morgan fingerprint density at radius 1 is 0.921 bits per heavy atom. The van der Waals surface area contributed by atoms with Crippen LogP contribution in [-0.2, 0) is 9.59 Å². The average molecular weight is 509 g/mol. The number of aliphatic carboxylic acids is 1. The monoisotopic (exact) mass is 508 g/mol. The molecular formula is C30H28N4O4. The molecule has 3 aromatic carbocycles. The van der Waals surface area contributed by atoms with Crippen molar-refractivity contribution in [1.82, 2.24) is 14.8 Å². The van der Waals surface area contributed by atoms with Crippen LogP contribution in [0.15, 0.2) is 96.2 Å². The third-order valence-electron chi connectivity index (χ3n) is 6.54. The highest BCUT2D eigenvalue weighted by Gasteiger charge is 2.36. The number of aromatic nitrogens is 2. The SMILES string of the molecule is COc1ccc(C2=NN(C(=O)CCCC(=O)O)[C@H](c3cn(-c4ccccc4)nc3-c3ccccc3)C2)cc1. The molecular weight excluding hydrogens is 480 g/mol. The van der Waals surface area contributed by atoms with Crippen LogP contribution in [0.25, 0.3) is 16.9 Å². The van der Waals surface area contributed by atoms with Gasteiger partial charge in [-0.25, -0.2) is 9.69 Å². The number of hydrogen-bond acceptors (Lipinski definition) is 5. The van der Waals surface area contributed by atoms with Crippen LogP contribution in [0.3, 0.4) is 0 Å². The Bertz CT molecular complexity index is 1450. The molecule has 1 N–H and O–H groups in total. The third-order valence-corrected chi connectivity index (χ3v) is 6.54. The number of amides is 1. The number of carbonyl (C=O) groups excluding carboxylic acids is 1. The number of para-hydroxylation sites is 1. The zero-order valence-corrected chi connectivity index (χ0v) is 21.0. The Morgan fingerprint density at radius 2 is 1.61 bits per heavy atom. The molecule has 38 heavy (non-hydrogen) atoms. The molecule has 1 atom stereocenters. The molecule has 0 aliphatic carbocycles. The van der Waals surface area contributed by atoms with Gasteiger partial charge in [0.2, 0.25) is 5.91 Å². The fraction of sp³-hybridized carbons (Fsp3) is 0.200. The molecule has 0 spiro atoms. The number of methoxy groups -OCH3 is 1. The van der Waals surface area contributed by atoms with Crippen LogP contribution in [0.1, 0.15) is 42.9 Å². The normalized spacial score (nSPS) is 14.8. The fourth-order valence-corrected chi connectivity index (χ4v) is 4.61. The summed E-state index contributed by atoms with van der Waals surface area (Å²) >= 11 is 0. The molecule has 0 fully saturated rings. The zero-order valence-electron chi connectivity index (χ0n) is 21.0. The number of carboxylic acids is 1. The lowest BCUT2D eigenvalue weighted by atomic mass is 9.96. The molecule has 1 aromatic heterocycles. The molecule has 0 radical (unpaired) electrons. The summed E-state index contributed by atoms with van der Waals surface area (Å²) in [6, 6.07) is 26.9. The van der Waals surface area contributed by atoms with Gasteiger partial charge < -0.3 is 9.84 Å². The van der Waals surface area contributed by atoms with Gasteiger partial charge in [-0.2, -0.15) is 10.2 Å². The average Bonchev–Trinajstić information content (AvgIpc) is 3.59. The topological polar surface area (TPSA) is 97.0 Å². The van der Waals surface area contributed by atoms with E-state index in [-0.39, 0.29) is 25.2 Å². The second-order valence-electron chi connectivity index (χ2n) is 9.06. The number of benzene rings is 3. The van der Waals surface area contributed by atoms with Crippen LogP contribution >= 0.6 is 0 Å². The van der Waals surface area contributed by atoms with Gasteiger partial charge in [-0.3, -0.25) is 9.59 Å². The van der Waals surface area contributed by atoms with Crippen LogP contribution in [0, 0.1) is 0 Å². The molecule has 0 saturated carbocycles. The standard InChI is InChI=1S/C30H28N4O4/c1-38-24-17-15-21(16-18-24)26-19-27(34(31-26)28(35)13-8-14-29(36)37)25-20-33(23-11-6-3-7-12-23)32-30(25)22-9-4-2-5-10-22/h2-7,9-12,15-18,20,27H,8,13-14,19H2,1H3,(H,36,37)/t27-/m0/s1. The van der Waals surface area contributed by atoms with E-state index in [2.05, 4.69) is 0 Å². The summed E-state index contributed by atoms with van der Waals surface area (Å²) in [7, 11) is 1.62. The molecule has 192 valence electrons. The van der Waals surface area contributed by atoms with E-state index in [0.29, 0.717) is 6.42 Å². The molecule has 8 nitrogen and oxygen atoms in total. The quantitative estimate of drug-likeness (QED) is 0.323. The molecule has 1 aliphatic rings. The van der Waals surface area contributed by atoms with E-state index in [1.165, 1.54) is 5.01 Å². The van der Waals surface area contributed by atoms with Gasteiger partial charge in [-0.1, -0.05) is 48.5 Å². The Hall–Kier alpha value is -4.72. The summed E-state index contributed by atoms with van der Waals surface area (Å²) in [5.74, 6) is -0.402. The van der Waals surface area contributed by atoms with E-state index in [9.17, 15) is 9.59 Å². The maximum atomic E-state index is 13.4. The highest BCUT2D eigenvalue weighted by atomic mass is 16.5. The molecule has 0 unspecified atom stereocenters. The van der Waals surface area contributed by atoms with Crippen molar-refractivity contribution in [3.05, 3.63) is 102 Å². The van der Waals surface area contributed by atoms with E-state index in [4.69, 9.17) is 20.0 Å². The third kappa shape index (κ3) is 5.34. The number of carboxylic acid groups (broad SMARTS) is 1. The first kappa shape index (κ1) is 25.0. The first-order chi connectivity index (χ1) is 18.5. The van der Waals surface area contributed by atoms with Gasteiger partial charge in [0, 0.05) is 36.6 Å². The lowest BCUT2D eigenvalue weighted by Crippen LogP contribution is -2.27. The Morgan fingerprint density at radius 3 is 2.26 bits per heavy atom. The first-order valence-electron chi connectivity index (χ1n) is 12.5. The highest BCUT2D eigenvalue weighted by molar-refractivity contribution is 6.03. The van der Waals surface area contributed by atoms with Crippen molar-refractivity contribution in [2.24, 2.45) is 5.10 Å². The summed E-state index contributed by atoms with van der Waals surface area (Å²) in [4.78, 5) is 24.4. The van der Waals surface area contributed by atoms with Gasteiger partial charge in [0.1, 0.15) is 5.75 Å². The number of nitrogens with zero attached hydrogens (tertiary/aromatic N) is 4. The lowest BCUT2D eigenvalue weighted by molar-refractivity contribution is -0.137. The Balaban J connectivity index is 1.56. The largest absolute Gasteiger partial charge is 0.497 e. The number of hydrogen-bond donors (Lipinski definition) is 1. The summed E-state index contributed by atoms with van der Waals surface area (Å²) in [6.45, 7) is 0. The Labute approximate surface area is 220 Å². The van der Waals surface area contributed by atoms with Gasteiger partial charge >= 0.3 is 5.97 Å². The molecule has 4 aromatic rings. The maximum Gasteiger partial charge on any atom is 0.303 e. The van der Waals surface area contributed by atoms with Crippen molar-refractivity contribution < 1.29 is 19.4 Å². The van der Waals surface area contributed by atoms with Crippen molar-refractivity contribution >= 4 is 17.6 Å². The lowest BCUT2D eigenvalue weighted by Gasteiger charge is -2.22. The fourth-order valence-electron chi connectivity index (χ4n) is 4.61. The van der Waals surface area contributed by atoms with Gasteiger partial charge in [-0.15, -0.1) is 0 Å². The van der Waals surface area contributed by atoms with Crippen LogP contribution in [-0.4, -0.2) is 44.6 Å². The van der Waals surface area contributed by atoms with Gasteiger partial charge in [0.05, 0.1) is 30.2 Å². The van der Waals surface area contributed by atoms with Gasteiger partial charge in [0.15, 0.2) is 0 Å². The molecule has 0 saturated heterocycles. The highest BCUT2D eigenvalue weighted by Crippen LogP contribution is 2.39. The molecule has 1 amide bonds. The van der Waals surface area contributed by atoms with Crippen molar-refractivity contribution in [2.75, 3.05) is 7.11 Å². The van der Waals surface area contributed by atoms with E-state index in [1.54, 1.807) is 7.11 Å². The van der Waals surface area contributed by atoms with Crippen LogP contribution in [0.4, 0.5) is 0 Å². The molecule has 8 heteroatoms. The molecule has 5 rings (SSSR count). The van der Waals surface area contributed by atoms with Crippen molar-refractivity contribution in [3.63, 3.8) is 0 Å². The summed E-state index contributed by atoms with van der Waals surface area (Å²) in [5.41, 5.74) is 5.16. The maximum absolute atomic E-state index is 13.4. The minimum atomic E-state index is -0.923. The summed E-state index contributed by atoms with van der Waals surface area (Å²) < 4.78 is 7.12. The predicted octanol–water partition coefficient (Wildman–Crippen LogP) is 5.48.